The molecule has 0 aliphatic carbocycles. The molecule has 2 aromatic rings. The molecule has 0 aromatic heterocycles. The first-order valence-electron chi connectivity index (χ1n) is 6.58. The molecule has 0 fully saturated rings. The minimum Gasteiger partial charge on any atom is -0.508 e. The van der Waals surface area contributed by atoms with Gasteiger partial charge in [0.05, 0.1) is 11.1 Å². The van der Waals surface area contributed by atoms with Crippen molar-refractivity contribution in [1.82, 2.24) is 0 Å². The van der Waals surface area contributed by atoms with Crippen molar-refractivity contribution >= 4 is 29.5 Å². The fourth-order valence-corrected chi connectivity index (χ4v) is 1.77. The molecule has 0 bridgehead atoms. The summed E-state index contributed by atoms with van der Waals surface area (Å²) in [5.41, 5.74) is -0.179. The van der Waals surface area contributed by atoms with Crippen molar-refractivity contribution in [3.8, 4) is 5.75 Å². The number of carboxylic acid groups (broad SMARTS) is 3. The molecule has 0 aliphatic rings. The van der Waals surface area contributed by atoms with E-state index in [2.05, 4.69) is 0 Å². The van der Waals surface area contributed by atoms with Gasteiger partial charge in [-0.2, -0.15) is 0 Å². The van der Waals surface area contributed by atoms with E-state index in [0.717, 1.165) is 18.2 Å². The SMILES string of the molecule is O=C(O)[C@@H](O)c1ccc(Cl)cc1.O=C(O)c1cc(O)cc(C(=O)O)c1. The molecular formula is C16H13ClO8. The lowest BCUT2D eigenvalue weighted by molar-refractivity contribution is -0.146. The molecule has 0 amide bonds. The van der Waals surface area contributed by atoms with Gasteiger partial charge in [-0.1, -0.05) is 23.7 Å². The van der Waals surface area contributed by atoms with Crippen LogP contribution in [0.1, 0.15) is 32.4 Å². The van der Waals surface area contributed by atoms with E-state index < -0.39 is 24.0 Å². The van der Waals surface area contributed by atoms with Crippen molar-refractivity contribution in [1.29, 1.82) is 0 Å². The van der Waals surface area contributed by atoms with Crippen LogP contribution in [0.25, 0.3) is 0 Å². The summed E-state index contributed by atoms with van der Waals surface area (Å²) in [6.45, 7) is 0. The van der Waals surface area contributed by atoms with Gasteiger partial charge in [0.25, 0.3) is 0 Å². The van der Waals surface area contributed by atoms with Crippen LogP contribution in [0.15, 0.2) is 42.5 Å². The normalized spacial score (nSPS) is 11.0. The summed E-state index contributed by atoms with van der Waals surface area (Å²) < 4.78 is 0. The maximum atomic E-state index is 10.4. The average molecular weight is 369 g/mol. The van der Waals surface area contributed by atoms with E-state index in [1.165, 1.54) is 24.3 Å². The Balaban J connectivity index is 0.000000251. The molecule has 0 saturated heterocycles. The van der Waals surface area contributed by atoms with E-state index in [0.29, 0.717) is 10.6 Å². The second-order valence-corrected chi connectivity index (χ2v) is 5.11. The maximum absolute atomic E-state index is 10.4. The topological polar surface area (TPSA) is 152 Å². The van der Waals surface area contributed by atoms with Gasteiger partial charge in [0.2, 0.25) is 0 Å². The number of hydrogen-bond donors (Lipinski definition) is 5. The summed E-state index contributed by atoms with van der Waals surface area (Å²) in [4.78, 5) is 31.1. The highest BCUT2D eigenvalue weighted by molar-refractivity contribution is 6.30. The summed E-state index contributed by atoms with van der Waals surface area (Å²) in [5, 5.41) is 44.0. The summed E-state index contributed by atoms with van der Waals surface area (Å²) in [6.07, 6.45) is -1.47. The third-order valence-electron chi connectivity index (χ3n) is 2.83. The fourth-order valence-electron chi connectivity index (χ4n) is 1.65. The molecule has 9 heteroatoms. The van der Waals surface area contributed by atoms with E-state index >= 15 is 0 Å². The summed E-state index contributed by atoms with van der Waals surface area (Å²) >= 11 is 5.57. The zero-order chi connectivity index (χ0) is 19.1. The number of halogens is 1. The minimum atomic E-state index is -1.47. The van der Waals surface area contributed by atoms with Crippen LogP contribution >= 0.6 is 11.6 Å². The highest BCUT2D eigenvalue weighted by Crippen LogP contribution is 2.16. The van der Waals surface area contributed by atoms with Crippen LogP contribution in [-0.2, 0) is 4.79 Å². The number of benzene rings is 2. The van der Waals surface area contributed by atoms with Crippen LogP contribution in [0.2, 0.25) is 5.02 Å². The van der Waals surface area contributed by atoms with E-state index in [9.17, 15) is 14.4 Å². The van der Waals surface area contributed by atoms with Crippen molar-refractivity contribution in [3.63, 3.8) is 0 Å². The van der Waals surface area contributed by atoms with Crippen LogP contribution in [0.3, 0.4) is 0 Å². The Hall–Kier alpha value is -3.10. The number of hydrogen-bond acceptors (Lipinski definition) is 5. The molecule has 0 spiro atoms. The molecule has 132 valence electrons. The highest BCUT2D eigenvalue weighted by atomic mass is 35.5. The summed E-state index contributed by atoms with van der Waals surface area (Å²) in [6, 6.07) is 8.95. The molecule has 8 nitrogen and oxygen atoms in total. The second kappa shape index (κ2) is 8.67. The predicted octanol–water partition coefficient (Wildman–Crippen LogP) is 2.25. The largest absolute Gasteiger partial charge is 0.508 e. The monoisotopic (exact) mass is 368 g/mol. The molecule has 0 unspecified atom stereocenters. The van der Waals surface area contributed by atoms with Crippen molar-refractivity contribution in [2.45, 2.75) is 6.10 Å². The number of carbonyl (C=O) groups is 3. The number of aromatic carboxylic acids is 2. The van der Waals surface area contributed by atoms with Gasteiger partial charge in [0.15, 0.2) is 6.10 Å². The van der Waals surface area contributed by atoms with Crippen LogP contribution in [0, 0.1) is 0 Å². The number of aliphatic carboxylic acids is 1. The van der Waals surface area contributed by atoms with E-state index in [1.807, 2.05) is 0 Å². The molecule has 2 aromatic carbocycles. The zero-order valence-electron chi connectivity index (χ0n) is 12.5. The Kier molecular flexibility index (Phi) is 6.92. The number of aromatic hydroxyl groups is 1. The Morgan fingerprint density at radius 1 is 0.840 bits per heavy atom. The molecule has 2 rings (SSSR count). The summed E-state index contributed by atoms with van der Waals surface area (Å²) in [7, 11) is 0. The standard InChI is InChI=1S/C8H7ClO3.C8H6O5/c9-6-3-1-5(2-4-6)7(10)8(11)12;9-6-2-4(7(10)11)1-5(3-6)8(12)13/h1-4,7,10H,(H,11,12);1-3,9H,(H,10,11)(H,12,13)/t7-;/m0./s1. The van der Waals surface area contributed by atoms with Gasteiger partial charge >= 0.3 is 17.9 Å². The number of rotatable bonds is 4. The Morgan fingerprint density at radius 2 is 1.28 bits per heavy atom. The third kappa shape index (κ3) is 6.13. The van der Waals surface area contributed by atoms with Gasteiger partial charge in [0, 0.05) is 5.02 Å². The predicted molar refractivity (Wildman–Crippen MR) is 86.1 cm³/mol. The Labute approximate surface area is 146 Å². The maximum Gasteiger partial charge on any atom is 0.337 e. The smallest absolute Gasteiger partial charge is 0.337 e. The summed E-state index contributed by atoms with van der Waals surface area (Å²) in [5.74, 6) is -4.20. The molecule has 1 atom stereocenters. The highest BCUT2D eigenvalue weighted by Gasteiger charge is 2.14. The van der Waals surface area contributed by atoms with E-state index in [-0.39, 0.29) is 16.9 Å². The first-order chi connectivity index (χ1) is 11.6. The lowest BCUT2D eigenvalue weighted by Crippen LogP contribution is -2.09. The Bertz CT molecular complexity index is 753. The van der Waals surface area contributed by atoms with Crippen LogP contribution in [0.5, 0.6) is 5.75 Å². The van der Waals surface area contributed by atoms with Gasteiger partial charge in [-0.15, -0.1) is 0 Å². The van der Waals surface area contributed by atoms with Crippen LogP contribution < -0.4 is 0 Å². The van der Waals surface area contributed by atoms with Gasteiger partial charge in [-0.25, -0.2) is 14.4 Å². The number of carboxylic acids is 3. The second-order valence-electron chi connectivity index (χ2n) is 4.67. The third-order valence-corrected chi connectivity index (χ3v) is 3.08. The molecule has 0 saturated carbocycles. The number of aliphatic hydroxyl groups is 1. The van der Waals surface area contributed by atoms with Gasteiger partial charge in [-0.05, 0) is 35.9 Å². The molecule has 0 heterocycles. The lowest BCUT2D eigenvalue weighted by Gasteiger charge is -2.04. The van der Waals surface area contributed by atoms with Gasteiger partial charge < -0.3 is 25.5 Å². The van der Waals surface area contributed by atoms with E-state index in [1.54, 1.807) is 0 Å². The number of phenolic OH excluding ortho intramolecular Hbond substituents is 1. The minimum absolute atomic E-state index is 0.252. The van der Waals surface area contributed by atoms with Crippen molar-refractivity contribution < 1.29 is 39.9 Å². The van der Waals surface area contributed by atoms with Gasteiger partial charge in [-0.3, -0.25) is 0 Å². The molecular weight excluding hydrogens is 356 g/mol. The zero-order valence-corrected chi connectivity index (χ0v) is 13.2. The van der Waals surface area contributed by atoms with Gasteiger partial charge in [0.1, 0.15) is 5.75 Å². The molecule has 5 N–H and O–H groups in total. The van der Waals surface area contributed by atoms with Crippen LogP contribution in [0.4, 0.5) is 0 Å². The van der Waals surface area contributed by atoms with Crippen molar-refractivity contribution in [3.05, 3.63) is 64.2 Å². The van der Waals surface area contributed by atoms with E-state index in [4.69, 9.17) is 37.1 Å². The van der Waals surface area contributed by atoms with Crippen molar-refractivity contribution in [2.24, 2.45) is 0 Å². The Morgan fingerprint density at radius 3 is 1.64 bits per heavy atom. The van der Waals surface area contributed by atoms with Crippen molar-refractivity contribution in [2.75, 3.05) is 0 Å². The van der Waals surface area contributed by atoms with Crippen LogP contribution in [-0.4, -0.2) is 43.4 Å². The quantitative estimate of drug-likeness (QED) is 0.550. The first kappa shape index (κ1) is 19.9. The number of phenols is 1. The molecule has 0 aliphatic heterocycles. The number of aliphatic hydroxyl groups excluding tert-OH is 1. The average Bonchev–Trinajstić information content (AvgIpc) is 2.54. The molecule has 25 heavy (non-hydrogen) atoms. The molecule has 0 radical (unpaired) electrons. The first-order valence-corrected chi connectivity index (χ1v) is 6.96. The fraction of sp³-hybridized carbons (Fsp3) is 0.0625. The lowest BCUT2D eigenvalue weighted by atomic mass is 10.1.